The van der Waals surface area contributed by atoms with E-state index >= 15 is 0 Å². The maximum absolute atomic E-state index is 13.7. The van der Waals surface area contributed by atoms with Crippen LogP contribution in [0.15, 0.2) is 16.6 Å². The molecule has 0 heterocycles. The Morgan fingerprint density at radius 3 is 2.78 bits per heavy atom. The van der Waals surface area contributed by atoms with E-state index in [0.717, 1.165) is 12.5 Å². The quantitative estimate of drug-likeness (QED) is 0.818. The van der Waals surface area contributed by atoms with Crippen LogP contribution in [-0.4, -0.2) is 6.54 Å². The fraction of sp³-hybridized carbons (Fsp3) is 0.571. The van der Waals surface area contributed by atoms with Gasteiger partial charge in [0.2, 0.25) is 0 Å². The lowest BCUT2D eigenvalue weighted by Crippen LogP contribution is -2.24. The number of rotatable bonds is 4. The summed E-state index contributed by atoms with van der Waals surface area (Å²) in [5.74, 6) is 0.377. The zero-order valence-corrected chi connectivity index (χ0v) is 12.1. The van der Waals surface area contributed by atoms with Crippen LogP contribution >= 0.6 is 15.9 Å². The summed E-state index contributed by atoms with van der Waals surface area (Å²) in [6, 6.07) is 2.69. The van der Waals surface area contributed by atoms with E-state index in [1.807, 2.05) is 0 Å². The smallest absolute Gasteiger partial charge is 0.144 e. The topological polar surface area (TPSA) is 12.0 Å². The van der Waals surface area contributed by atoms with E-state index in [4.69, 9.17) is 0 Å². The first-order valence-corrected chi connectivity index (χ1v) is 7.22. The molecule has 1 fully saturated rings. The van der Waals surface area contributed by atoms with E-state index in [1.165, 1.54) is 31.4 Å². The number of benzene rings is 1. The molecule has 2 atom stereocenters. The van der Waals surface area contributed by atoms with E-state index < -0.39 is 11.6 Å². The molecule has 1 aliphatic carbocycles. The highest BCUT2D eigenvalue weighted by molar-refractivity contribution is 9.10. The van der Waals surface area contributed by atoms with Crippen molar-refractivity contribution in [2.24, 2.45) is 11.8 Å². The first-order chi connectivity index (χ1) is 8.59. The van der Waals surface area contributed by atoms with Crippen molar-refractivity contribution in [3.8, 4) is 0 Å². The second-order valence-corrected chi connectivity index (χ2v) is 5.98. The van der Waals surface area contributed by atoms with Crippen molar-refractivity contribution < 1.29 is 8.78 Å². The van der Waals surface area contributed by atoms with Crippen molar-refractivity contribution >= 4 is 15.9 Å². The molecule has 0 spiro atoms. The Balaban J connectivity index is 1.92. The molecule has 100 valence electrons. The summed E-state index contributed by atoms with van der Waals surface area (Å²) < 4.78 is 27.5. The van der Waals surface area contributed by atoms with E-state index in [9.17, 15) is 8.78 Å². The van der Waals surface area contributed by atoms with Gasteiger partial charge in [-0.05, 0) is 52.9 Å². The van der Waals surface area contributed by atoms with Crippen LogP contribution in [-0.2, 0) is 6.54 Å². The van der Waals surface area contributed by atoms with Crippen molar-refractivity contribution in [3.63, 3.8) is 0 Å². The molecule has 0 aliphatic heterocycles. The Morgan fingerprint density at radius 2 is 2.11 bits per heavy atom. The molecule has 1 aliphatic rings. The summed E-state index contributed by atoms with van der Waals surface area (Å²) in [5.41, 5.74) is 0.120. The average molecular weight is 318 g/mol. The molecule has 2 rings (SSSR count). The minimum atomic E-state index is -0.498. The number of hydrogen-bond acceptors (Lipinski definition) is 1. The van der Waals surface area contributed by atoms with Crippen LogP contribution in [0.2, 0.25) is 0 Å². The van der Waals surface area contributed by atoms with Gasteiger partial charge in [0.15, 0.2) is 0 Å². The summed E-state index contributed by atoms with van der Waals surface area (Å²) >= 11 is 3.08. The SMILES string of the molecule is CC1CCCC1CNCc1c(F)ccc(Br)c1F. The number of hydrogen-bond donors (Lipinski definition) is 1. The minimum absolute atomic E-state index is 0.120. The summed E-state index contributed by atoms with van der Waals surface area (Å²) in [6.07, 6.45) is 3.76. The maximum atomic E-state index is 13.7. The van der Waals surface area contributed by atoms with Crippen molar-refractivity contribution in [1.29, 1.82) is 0 Å². The lowest BCUT2D eigenvalue weighted by molar-refractivity contribution is 0.388. The third-order valence-electron chi connectivity index (χ3n) is 3.89. The van der Waals surface area contributed by atoms with Crippen molar-refractivity contribution in [1.82, 2.24) is 5.32 Å². The summed E-state index contributed by atoms with van der Waals surface area (Å²) in [7, 11) is 0. The van der Waals surface area contributed by atoms with Gasteiger partial charge < -0.3 is 5.32 Å². The zero-order chi connectivity index (χ0) is 13.1. The number of halogens is 3. The van der Waals surface area contributed by atoms with Crippen molar-refractivity contribution in [2.45, 2.75) is 32.7 Å². The normalized spacial score (nSPS) is 23.6. The fourth-order valence-electron chi connectivity index (χ4n) is 2.64. The standard InChI is InChI=1S/C14H18BrF2N/c1-9-3-2-4-10(9)7-18-8-11-13(16)6-5-12(15)14(11)17/h5-6,9-10,18H,2-4,7-8H2,1H3. The predicted molar refractivity (Wildman–Crippen MR) is 72.3 cm³/mol. The molecule has 1 aromatic rings. The lowest BCUT2D eigenvalue weighted by Gasteiger charge is -2.16. The van der Waals surface area contributed by atoms with Crippen LogP contribution < -0.4 is 5.32 Å². The van der Waals surface area contributed by atoms with Gasteiger partial charge in [0, 0.05) is 12.1 Å². The Labute approximate surface area is 115 Å². The van der Waals surface area contributed by atoms with Gasteiger partial charge in [-0.25, -0.2) is 8.78 Å². The van der Waals surface area contributed by atoms with Gasteiger partial charge in [-0.1, -0.05) is 19.8 Å². The fourth-order valence-corrected chi connectivity index (χ4v) is 3.01. The van der Waals surface area contributed by atoms with Gasteiger partial charge in [0.25, 0.3) is 0 Å². The van der Waals surface area contributed by atoms with Crippen molar-refractivity contribution in [2.75, 3.05) is 6.54 Å². The van der Waals surface area contributed by atoms with Gasteiger partial charge in [0.1, 0.15) is 11.6 Å². The van der Waals surface area contributed by atoms with Crippen LogP contribution in [0.25, 0.3) is 0 Å². The second kappa shape index (κ2) is 6.11. The molecule has 1 N–H and O–H groups in total. The lowest BCUT2D eigenvalue weighted by atomic mass is 9.98. The van der Waals surface area contributed by atoms with Gasteiger partial charge in [-0.15, -0.1) is 0 Å². The van der Waals surface area contributed by atoms with Crippen LogP contribution in [0, 0.1) is 23.5 Å². The van der Waals surface area contributed by atoms with Crippen LogP contribution in [0.4, 0.5) is 8.78 Å². The summed E-state index contributed by atoms with van der Waals surface area (Å²) in [4.78, 5) is 0. The van der Waals surface area contributed by atoms with E-state index in [1.54, 1.807) is 0 Å². The van der Waals surface area contributed by atoms with Gasteiger partial charge >= 0.3 is 0 Å². The van der Waals surface area contributed by atoms with Gasteiger partial charge in [-0.3, -0.25) is 0 Å². The Hall–Kier alpha value is -0.480. The molecule has 1 saturated carbocycles. The molecule has 0 radical (unpaired) electrons. The molecule has 1 aromatic carbocycles. The highest BCUT2D eigenvalue weighted by Crippen LogP contribution is 2.30. The van der Waals surface area contributed by atoms with Gasteiger partial charge in [-0.2, -0.15) is 0 Å². The zero-order valence-electron chi connectivity index (χ0n) is 10.5. The minimum Gasteiger partial charge on any atom is -0.312 e. The van der Waals surface area contributed by atoms with Crippen molar-refractivity contribution in [3.05, 3.63) is 33.8 Å². The van der Waals surface area contributed by atoms with Crippen LogP contribution in [0.3, 0.4) is 0 Å². The molecule has 0 bridgehead atoms. The molecule has 0 saturated heterocycles. The molecular formula is C14H18BrF2N. The number of nitrogens with one attached hydrogen (secondary N) is 1. The molecule has 18 heavy (non-hydrogen) atoms. The third kappa shape index (κ3) is 3.09. The molecule has 0 amide bonds. The largest absolute Gasteiger partial charge is 0.312 e. The van der Waals surface area contributed by atoms with Crippen LogP contribution in [0.5, 0.6) is 0 Å². The molecular weight excluding hydrogens is 300 g/mol. The molecule has 2 unspecified atom stereocenters. The molecule has 1 nitrogen and oxygen atoms in total. The van der Waals surface area contributed by atoms with Crippen LogP contribution in [0.1, 0.15) is 31.7 Å². The maximum Gasteiger partial charge on any atom is 0.144 e. The summed E-state index contributed by atoms with van der Waals surface area (Å²) in [5, 5.41) is 3.18. The van der Waals surface area contributed by atoms with E-state index in [2.05, 4.69) is 28.2 Å². The highest BCUT2D eigenvalue weighted by atomic mass is 79.9. The monoisotopic (exact) mass is 317 g/mol. The van der Waals surface area contributed by atoms with E-state index in [-0.39, 0.29) is 12.1 Å². The second-order valence-electron chi connectivity index (χ2n) is 5.12. The Morgan fingerprint density at radius 1 is 1.33 bits per heavy atom. The Kier molecular flexibility index (Phi) is 4.73. The highest BCUT2D eigenvalue weighted by Gasteiger charge is 2.23. The third-order valence-corrected chi connectivity index (χ3v) is 4.50. The Bertz CT molecular complexity index is 423. The first kappa shape index (κ1) is 13.9. The summed E-state index contributed by atoms with van der Waals surface area (Å²) in [6.45, 7) is 3.34. The van der Waals surface area contributed by atoms with E-state index in [0.29, 0.717) is 10.4 Å². The predicted octanol–water partition coefficient (Wildman–Crippen LogP) is 4.25. The molecule has 0 aromatic heterocycles. The molecule has 4 heteroatoms. The first-order valence-electron chi connectivity index (χ1n) is 6.42. The van der Waals surface area contributed by atoms with Gasteiger partial charge in [0.05, 0.1) is 4.47 Å². The average Bonchev–Trinajstić information content (AvgIpc) is 2.74.